The molecule has 1 fully saturated rings. The van der Waals surface area contributed by atoms with Gasteiger partial charge in [-0.1, -0.05) is 12.8 Å². The normalized spacial score (nSPS) is 16.2. The van der Waals surface area contributed by atoms with Crippen LogP contribution in [0.5, 0.6) is 5.75 Å². The highest BCUT2D eigenvalue weighted by atomic mass is 32.2. The Labute approximate surface area is 148 Å². The fourth-order valence-electron chi connectivity index (χ4n) is 3.15. The molecule has 1 saturated carbocycles. The first-order chi connectivity index (χ1) is 12.1. The van der Waals surface area contributed by atoms with Gasteiger partial charge >= 0.3 is 6.18 Å². The van der Waals surface area contributed by atoms with Crippen LogP contribution in [0.2, 0.25) is 0 Å². The van der Waals surface area contributed by atoms with Crippen LogP contribution >= 0.6 is 0 Å². The summed E-state index contributed by atoms with van der Waals surface area (Å²) in [4.78, 5) is -0.833. The van der Waals surface area contributed by atoms with Crippen molar-refractivity contribution < 1.29 is 26.7 Å². The van der Waals surface area contributed by atoms with Crippen molar-refractivity contribution >= 4 is 15.7 Å². The van der Waals surface area contributed by atoms with Gasteiger partial charge in [0.15, 0.2) is 0 Å². The molecule has 0 unspecified atom stereocenters. The molecule has 1 aromatic carbocycles. The number of phenols is 1. The zero-order valence-corrected chi connectivity index (χ0v) is 14.7. The summed E-state index contributed by atoms with van der Waals surface area (Å²) in [5.74, 6) is -0.758. The van der Waals surface area contributed by atoms with E-state index in [1.165, 1.54) is 6.20 Å². The second-order valence-electron chi connectivity index (χ2n) is 6.31. The summed E-state index contributed by atoms with van der Waals surface area (Å²) < 4.78 is 67.5. The number of nitrogens with one attached hydrogen (secondary N) is 1. The Hall–Kier alpha value is -2.23. The predicted octanol–water partition coefficient (Wildman–Crippen LogP) is 3.83. The van der Waals surface area contributed by atoms with Crippen LogP contribution in [0.3, 0.4) is 0 Å². The van der Waals surface area contributed by atoms with Gasteiger partial charge in [0.25, 0.3) is 10.0 Å². The molecule has 6 nitrogen and oxygen atoms in total. The van der Waals surface area contributed by atoms with Crippen LogP contribution in [0, 0.1) is 6.92 Å². The molecule has 0 atom stereocenters. The zero-order valence-electron chi connectivity index (χ0n) is 13.9. The molecule has 1 aromatic heterocycles. The smallest absolute Gasteiger partial charge is 0.416 e. The third-order valence-electron chi connectivity index (χ3n) is 4.54. The van der Waals surface area contributed by atoms with E-state index >= 15 is 0 Å². The third kappa shape index (κ3) is 3.50. The molecule has 26 heavy (non-hydrogen) atoms. The highest BCUT2D eigenvalue weighted by molar-refractivity contribution is 7.92. The lowest BCUT2D eigenvalue weighted by Crippen LogP contribution is -2.16. The number of phenolic OH excluding ortho intramolecular Hbond substituents is 1. The van der Waals surface area contributed by atoms with Crippen LogP contribution in [0.15, 0.2) is 29.3 Å². The standard InChI is InChI=1S/C16H18F3N3O3S/c1-10-13(9-20-22(10)12-4-2-3-5-12)21-26(24,25)15-8-11(16(17,18)19)6-7-14(15)23/h6-9,12,21,23H,2-5H2,1H3. The molecule has 142 valence electrons. The van der Waals surface area contributed by atoms with Crippen molar-refractivity contribution in [2.24, 2.45) is 0 Å². The maximum Gasteiger partial charge on any atom is 0.416 e. The summed E-state index contributed by atoms with van der Waals surface area (Å²) in [5.41, 5.74) is -0.408. The minimum Gasteiger partial charge on any atom is -0.507 e. The molecule has 0 spiro atoms. The molecular formula is C16H18F3N3O3S. The number of nitrogens with zero attached hydrogens (tertiary/aromatic N) is 2. The fraction of sp³-hybridized carbons (Fsp3) is 0.438. The fourth-order valence-corrected chi connectivity index (χ4v) is 4.37. The number of anilines is 1. The highest BCUT2D eigenvalue weighted by Gasteiger charge is 2.33. The van der Waals surface area contributed by atoms with Crippen molar-refractivity contribution in [1.82, 2.24) is 9.78 Å². The van der Waals surface area contributed by atoms with Crippen molar-refractivity contribution in [3.8, 4) is 5.75 Å². The SMILES string of the molecule is Cc1c(NS(=O)(=O)c2cc(C(F)(F)F)ccc2O)cnn1C1CCCC1. The lowest BCUT2D eigenvalue weighted by atomic mass is 10.2. The van der Waals surface area contributed by atoms with E-state index < -0.39 is 32.4 Å². The molecule has 0 radical (unpaired) electrons. The van der Waals surface area contributed by atoms with E-state index in [9.17, 15) is 26.7 Å². The van der Waals surface area contributed by atoms with Crippen LogP contribution in [-0.2, 0) is 16.2 Å². The van der Waals surface area contributed by atoms with Gasteiger partial charge in [0.05, 0.1) is 29.2 Å². The van der Waals surface area contributed by atoms with Crippen molar-refractivity contribution in [2.45, 2.75) is 49.7 Å². The topological polar surface area (TPSA) is 84.2 Å². The first kappa shape index (κ1) is 18.6. The Morgan fingerprint density at radius 3 is 2.54 bits per heavy atom. The van der Waals surface area contributed by atoms with Gasteiger partial charge in [0.1, 0.15) is 10.6 Å². The molecule has 1 aliphatic carbocycles. The Morgan fingerprint density at radius 2 is 1.92 bits per heavy atom. The zero-order chi connectivity index (χ0) is 19.1. The van der Waals surface area contributed by atoms with E-state index in [-0.39, 0.29) is 11.7 Å². The first-order valence-corrected chi connectivity index (χ1v) is 9.55. The first-order valence-electron chi connectivity index (χ1n) is 8.07. The molecule has 0 saturated heterocycles. The Kier molecular flexibility index (Phi) is 4.63. The summed E-state index contributed by atoms with van der Waals surface area (Å²) in [6.45, 7) is 1.69. The van der Waals surface area contributed by atoms with Gasteiger partial charge < -0.3 is 5.11 Å². The largest absolute Gasteiger partial charge is 0.507 e. The average molecular weight is 389 g/mol. The van der Waals surface area contributed by atoms with Crippen molar-refractivity contribution in [3.05, 3.63) is 35.7 Å². The number of rotatable bonds is 4. The molecule has 2 N–H and O–H groups in total. The number of hydrogen-bond donors (Lipinski definition) is 2. The second-order valence-corrected chi connectivity index (χ2v) is 7.96. The summed E-state index contributed by atoms with van der Waals surface area (Å²) in [6.07, 6.45) is 0.648. The van der Waals surface area contributed by atoms with Crippen LogP contribution in [-0.4, -0.2) is 23.3 Å². The van der Waals surface area contributed by atoms with E-state index in [0.29, 0.717) is 23.9 Å². The molecule has 10 heteroatoms. The maximum atomic E-state index is 12.8. The number of aromatic nitrogens is 2. The number of sulfonamides is 1. The third-order valence-corrected chi connectivity index (χ3v) is 5.93. The van der Waals surface area contributed by atoms with Gasteiger partial charge in [0.2, 0.25) is 0 Å². The van der Waals surface area contributed by atoms with E-state index in [0.717, 1.165) is 25.7 Å². The lowest BCUT2D eigenvalue weighted by Gasteiger charge is -2.14. The minimum atomic E-state index is -4.72. The summed E-state index contributed by atoms with van der Waals surface area (Å²) >= 11 is 0. The molecule has 0 aliphatic heterocycles. The molecule has 1 aliphatic rings. The Bertz CT molecular complexity index is 917. The molecule has 3 rings (SSSR count). The van der Waals surface area contributed by atoms with E-state index in [2.05, 4.69) is 9.82 Å². The summed E-state index contributed by atoms with van der Waals surface area (Å²) in [6, 6.07) is 1.94. The summed E-state index contributed by atoms with van der Waals surface area (Å²) in [7, 11) is -4.41. The van der Waals surface area contributed by atoms with Crippen LogP contribution in [0.4, 0.5) is 18.9 Å². The Morgan fingerprint density at radius 1 is 1.27 bits per heavy atom. The van der Waals surface area contributed by atoms with Crippen LogP contribution in [0.1, 0.15) is 43.0 Å². The summed E-state index contributed by atoms with van der Waals surface area (Å²) in [5, 5.41) is 14.0. The van der Waals surface area contributed by atoms with Crippen LogP contribution in [0.25, 0.3) is 0 Å². The van der Waals surface area contributed by atoms with Gasteiger partial charge in [-0.25, -0.2) is 8.42 Å². The molecule has 1 heterocycles. The number of aromatic hydroxyl groups is 1. The molecule has 2 aromatic rings. The molecule has 0 bridgehead atoms. The van der Waals surface area contributed by atoms with Crippen molar-refractivity contribution in [2.75, 3.05) is 4.72 Å². The van der Waals surface area contributed by atoms with E-state index in [4.69, 9.17) is 0 Å². The number of alkyl halides is 3. The molecular weight excluding hydrogens is 371 g/mol. The van der Waals surface area contributed by atoms with Gasteiger partial charge in [-0.15, -0.1) is 0 Å². The number of halogens is 3. The molecule has 0 amide bonds. The van der Waals surface area contributed by atoms with Gasteiger partial charge in [-0.3, -0.25) is 9.40 Å². The highest BCUT2D eigenvalue weighted by Crippen LogP contribution is 2.35. The number of benzene rings is 1. The monoisotopic (exact) mass is 389 g/mol. The average Bonchev–Trinajstić information content (AvgIpc) is 3.17. The lowest BCUT2D eigenvalue weighted by molar-refractivity contribution is -0.137. The predicted molar refractivity (Wildman–Crippen MR) is 88.4 cm³/mol. The van der Waals surface area contributed by atoms with Crippen LogP contribution < -0.4 is 4.72 Å². The number of hydrogen-bond acceptors (Lipinski definition) is 4. The minimum absolute atomic E-state index is 0.175. The van der Waals surface area contributed by atoms with Crippen molar-refractivity contribution in [3.63, 3.8) is 0 Å². The van der Waals surface area contributed by atoms with Gasteiger partial charge in [-0.2, -0.15) is 18.3 Å². The van der Waals surface area contributed by atoms with Crippen molar-refractivity contribution in [1.29, 1.82) is 0 Å². The van der Waals surface area contributed by atoms with E-state index in [1.807, 2.05) is 0 Å². The Balaban J connectivity index is 1.93. The van der Waals surface area contributed by atoms with Gasteiger partial charge in [0, 0.05) is 0 Å². The quantitative estimate of drug-likeness (QED) is 0.832. The van der Waals surface area contributed by atoms with Gasteiger partial charge in [-0.05, 0) is 38.0 Å². The maximum absolute atomic E-state index is 12.8. The second kappa shape index (κ2) is 6.49. The van der Waals surface area contributed by atoms with E-state index in [1.54, 1.807) is 11.6 Å².